The van der Waals surface area contributed by atoms with Gasteiger partial charge in [0.05, 0.1) is 10.6 Å². The van der Waals surface area contributed by atoms with Gasteiger partial charge in [-0.15, -0.1) is 0 Å². The molecule has 0 spiro atoms. The van der Waals surface area contributed by atoms with Crippen molar-refractivity contribution in [2.24, 2.45) is 5.73 Å². The van der Waals surface area contributed by atoms with Crippen LogP contribution >= 0.6 is 11.6 Å². The maximum Gasteiger partial charge on any atom is 0.252 e. The first kappa shape index (κ1) is 9.34. The summed E-state index contributed by atoms with van der Waals surface area (Å²) in [6, 6.07) is 1.64. The number of amides is 1. The van der Waals surface area contributed by atoms with E-state index in [1.807, 2.05) is 0 Å². The lowest BCUT2D eigenvalue weighted by atomic mass is 10.0. The minimum absolute atomic E-state index is 0.121. The van der Waals surface area contributed by atoms with Crippen molar-refractivity contribution >= 4 is 17.5 Å². The Kier molecular flexibility index (Phi) is 2.11. The molecular formula is C10H10ClNO2. The molecule has 0 saturated carbocycles. The van der Waals surface area contributed by atoms with Crippen LogP contribution in [-0.4, -0.2) is 11.0 Å². The normalized spacial score (nSPS) is 14.1. The summed E-state index contributed by atoms with van der Waals surface area (Å²) in [5.74, 6) is -0.820. The van der Waals surface area contributed by atoms with Gasteiger partial charge in [-0.05, 0) is 36.5 Å². The van der Waals surface area contributed by atoms with E-state index in [1.165, 1.54) is 0 Å². The Labute approximate surface area is 86.5 Å². The van der Waals surface area contributed by atoms with Crippen LogP contribution in [0, 0.1) is 0 Å². The van der Waals surface area contributed by atoms with Gasteiger partial charge in [-0.25, -0.2) is 0 Å². The van der Waals surface area contributed by atoms with Crippen LogP contribution in [0.15, 0.2) is 6.07 Å². The zero-order chi connectivity index (χ0) is 10.3. The number of hydrogen-bond acceptors (Lipinski definition) is 2. The number of carbonyl (C=O) groups is 1. The predicted octanol–water partition coefficient (Wildman–Crippen LogP) is 1.63. The molecule has 0 heterocycles. The lowest BCUT2D eigenvalue weighted by molar-refractivity contribution is 0.0997. The predicted molar refractivity (Wildman–Crippen MR) is 53.7 cm³/mol. The molecule has 0 saturated heterocycles. The monoisotopic (exact) mass is 211 g/mol. The summed E-state index contributed by atoms with van der Waals surface area (Å²) in [7, 11) is 0. The number of phenols is 1. The van der Waals surface area contributed by atoms with E-state index in [9.17, 15) is 9.90 Å². The van der Waals surface area contributed by atoms with E-state index < -0.39 is 5.91 Å². The minimum atomic E-state index is -0.640. The average Bonchev–Trinajstić information content (AvgIpc) is 2.58. The summed E-state index contributed by atoms with van der Waals surface area (Å²) in [5.41, 5.74) is 7.22. The Balaban J connectivity index is 2.67. The van der Waals surface area contributed by atoms with Crippen LogP contribution in [-0.2, 0) is 12.8 Å². The number of aromatic hydroxyl groups is 1. The van der Waals surface area contributed by atoms with Crippen LogP contribution in [0.2, 0.25) is 5.02 Å². The lowest BCUT2D eigenvalue weighted by Crippen LogP contribution is -2.12. The summed E-state index contributed by atoms with van der Waals surface area (Å²) in [4.78, 5) is 11.0. The standard InChI is InChI=1S/C10H10ClNO2/c11-8-6-3-1-2-5(6)4-7(9(8)13)10(12)14/h4,13H,1-3H2,(H2,12,14). The van der Waals surface area contributed by atoms with Gasteiger partial charge in [0.25, 0.3) is 5.91 Å². The van der Waals surface area contributed by atoms with Crippen LogP contribution in [0.3, 0.4) is 0 Å². The molecule has 0 fully saturated rings. The molecule has 1 aromatic rings. The molecule has 1 aliphatic rings. The molecule has 1 amide bonds. The summed E-state index contributed by atoms with van der Waals surface area (Å²) in [6.45, 7) is 0. The first-order chi connectivity index (χ1) is 6.61. The zero-order valence-electron chi connectivity index (χ0n) is 7.51. The number of carbonyl (C=O) groups excluding carboxylic acids is 1. The first-order valence-corrected chi connectivity index (χ1v) is 4.82. The van der Waals surface area contributed by atoms with Crippen molar-refractivity contribution in [1.29, 1.82) is 0 Å². The van der Waals surface area contributed by atoms with Crippen molar-refractivity contribution in [3.05, 3.63) is 27.8 Å². The fourth-order valence-electron chi connectivity index (χ4n) is 1.87. The summed E-state index contributed by atoms with van der Waals surface area (Å²) in [5, 5.41) is 9.89. The van der Waals surface area contributed by atoms with Gasteiger partial charge >= 0.3 is 0 Å². The molecule has 1 aliphatic carbocycles. The second kappa shape index (κ2) is 3.17. The third-order valence-electron chi connectivity index (χ3n) is 2.57. The number of fused-ring (bicyclic) bond motifs is 1. The number of hydrogen-bond donors (Lipinski definition) is 2. The lowest BCUT2D eigenvalue weighted by Gasteiger charge is -2.08. The molecule has 0 radical (unpaired) electrons. The topological polar surface area (TPSA) is 63.3 Å². The Morgan fingerprint density at radius 1 is 1.50 bits per heavy atom. The van der Waals surface area contributed by atoms with Crippen LogP contribution in [0.4, 0.5) is 0 Å². The molecule has 0 unspecified atom stereocenters. The van der Waals surface area contributed by atoms with Crippen LogP contribution in [0.25, 0.3) is 0 Å². The van der Waals surface area contributed by atoms with Gasteiger partial charge in [0.2, 0.25) is 0 Å². The highest BCUT2D eigenvalue weighted by molar-refractivity contribution is 6.33. The van der Waals surface area contributed by atoms with E-state index in [-0.39, 0.29) is 16.3 Å². The van der Waals surface area contributed by atoms with Crippen molar-refractivity contribution in [2.45, 2.75) is 19.3 Å². The Bertz CT molecular complexity index is 415. The number of nitrogens with two attached hydrogens (primary N) is 1. The van der Waals surface area contributed by atoms with Crippen molar-refractivity contribution in [3.63, 3.8) is 0 Å². The number of aryl methyl sites for hydroxylation is 1. The van der Waals surface area contributed by atoms with Crippen LogP contribution in [0.1, 0.15) is 27.9 Å². The van der Waals surface area contributed by atoms with E-state index in [0.717, 1.165) is 30.4 Å². The molecular weight excluding hydrogens is 202 g/mol. The SMILES string of the molecule is NC(=O)c1cc2c(c(Cl)c1O)CCC2. The molecule has 4 heteroatoms. The van der Waals surface area contributed by atoms with Gasteiger partial charge in [0.15, 0.2) is 0 Å². The van der Waals surface area contributed by atoms with Gasteiger partial charge < -0.3 is 10.8 Å². The first-order valence-electron chi connectivity index (χ1n) is 4.44. The van der Waals surface area contributed by atoms with Gasteiger partial charge in [-0.1, -0.05) is 11.6 Å². The third-order valence-corrected chi connectivity index (χ3v) is 2.98. The molecule has 3 N–H and O–H groups in total. The Morgan fingerprint density at radius 2 is 2.21 bits per heavy atom. The van der Waals surface area contributed by atoms with Crippen LogP contribution in [0.5, 0.6) is 5.75 Å². The highest BCUT2D eigenvalue weighted by atomic mass is 35.5. The van der Waals surface area contributed by atoms with E-state index in [2.05, 4.69) is 0 Å². The quantitative estimate of drug-likeness (QED) is 0.742. The number of benzene rings is 1. The van der Waals surface area contributed by atoms with E-state index in [1.54, 1.807) is 6.07 Å². The summed E-state index contributed by atoms with van der Waals surface area (Å²) >= 11 is 5.93. The molecule has 1 aromatic carbocycles. The summed E-state index contributed by atoms with van der Waals surface area (Å²) in [6.07, 6.45) is 2.77. The molecule has 3 nitrogen and oxygen atoms in total. The number of halogens is 1. The Hall–Kier alpha value is -1.22. The van der Waals surface area contributed by atoms with Gasteiger partial charge in [-0.2, -0.15) is 0 Å². The Morgan fingerprint density at radius 3 is 2.86 bits per heavy atom. The van der Waals surface area contributed by atoms with Crippen molar-refractivity contribution in [2.75, 3.05) is 0 Å². The summed E-state index contributed by atoms with van der Waals surface area (Å²) < 4.78 is 0. The molecule has 0 aliphatic heterocycles. The van der Waals surface area contributed by atoms with Crippen molar-refractivity contribution in [3.8, 4) is 5.75 Å². The minimum Gasteiger partial charge on any atom is -0.506 e. The molecule has 0 aromatic heterocycles. The molecule has 14 heavy (non-hydrogen) atoms. The molecule has 74 valence electrons. The maximum absolute atomic E-state index is 11.0. The average molecular weight is 212 g/mol. The molecule has 0 bridgehead atoms. The van der Waals surface area contributed by atoms with Crippen molar-refractivity contribution in [1.82, 2.24) is 0 Å². The maximum atomic E-state index is 11.0. The number of rotatable bonds is 1. The van der Waals surface area contributed by atoms with Crippen molar-refractivity contribution < 1.29 is 9.90 Å². The highest BCUT2D eigenvalue weighted by Crippen LogP contribution is 2.37. The fourth-order valence-corrected chi connectivity index (χ4v) is 2.19. The van der Waals surface area contributed by atoms with Gasteiger partial charge in [0.1, 0.15) is 5.75 Å². The largest absolute Gasteiger partial charge is 0.506 e. The highest BCUT2D eigenvalue weighted by Gasteiger charge is 2.21. The second-order valence-electron chi connectivity index (χ2n) is 3.44. The second-order valence-corrected chi connectivity index (χ2v) is 3.82. The fraction of sp³-hybridized carbons (Fsp3) is 0.300. The van der Waals surface area contributed by atoms with Gasteiger partial charge in [0, 0.05) is 0 Å². The molecule has 2 rings (SSSR count). The van der Waals surface area contributed by atoms with E-state index in [0.29, 0.717) is 0 Å². The van der Waals surface area contributed by atoms with Crippen LogP contribution < -0.4 is 5.73 Å². The smallest absolute Gasteiger partial charge is 0.252 e. The molecule has 0 atom stereocenters. The zero-order valence-corrected chi connectivity index (χ0v) is 8.27. The van der Waals surface area contributed by atoms with E-state index >= 15 is 0 Å². The van der Waals surface area contributed by atoms with E-state index in [4.69, 9.17) is 17.3 Å². The third kappa shape index (κ3) is 1.24. The number of primary amides is 1. The van der Waals surface area contributed by atoms with Gasteiger partial charge in [-0.3, -0.25) is 4.79 Å².